The summed E-state index contributed by atoms with van der Waals surface area (Å²) in [5.41, 5.74) is 0.550. The van der Waals surface area contributed by atoms with E-state index in [9.17, 15) is 0 Å². The van der Waals surface area contributed by atoms with E-state index in [4.69, 9.17) is 0 Å². The van der Waals surface area contributed by atoms with E-state index >= 15 is 0 Å². The zero-order chi connectivity index (χ0) is 10.1. The monoisotopic (exact) mass is 183 g/mol. The van der Waals surface area contributed by atoms with Crippen molar-refractivity contribution in [2.24, 2.45) is 17.3 Å². The predicted octanol–water partition coefficient (Wildman–Crippen LogP) is 3.06. The van der Waals surface area contributed by atoms with Crippen LogP contribution in [0.3, 0.4) is 0 Å². The fourth-order valence-electron chi connectivity index (χ4n) is 3.52. The first kappa shape index (κ1) is 11.0. The Morgan fingerprint density at radius 1 is 1.15 bits per heavy atom. The molecule has 1 nitrogen and oxygen atoms in total. The Morgan fingerprint density at radius 3 is 2.00 bits per heavy atom. The van der Waals surface area contributed by atoms with Crippen molar-refractivity contribution in [3.63, 3.8) is 0 Å². The first-order valence-corrected chi connectivity index (χ1v) is 5.73. The summed E-state index contributed by atoms with van der Waals surface area (Å²) in [4.78, 5) is 0. The quantitative estimate of drug-likeness (QED) is 0.709. The summed E-state index contributed by atoms with van der Waals surface area (Å²) >= 11 is 0. The number of nitrogens with one attached hydrogen (secondary N) is 1. The van der Waals surface area contributed by atoms with Crippen LogP contribution in [0.2, 0.25) is 0 Å². The van der Waals surface area contributed by atoms with Gasteiger partial charge in [0.25, 0.3) is 0 Å². The van der Waals surface area contributed by atoms with Gasteiger partial charge >= 0.3 is 0 Å². The van der Waals surface area contributed by atoms with E-state index in [-0.39, 0.29) is 0 Å². The maximum Gasteiger partial charge on any atom is 0.0125 e. The summed E-state index contributed by atoms with van der Waals surface area (Å²) in [5.74, 6) is 1.60. The second-order valence-electron chi connectivity index (χ2n) is 5.16. The SMILES string of the molecule is CN[C@@H]1CCCC1(C(C)C)C(C)C. The zero-order valence-electron chi connectivity index (χ0n) is 9.85. The van der Waals surface area contributed by atoms with Crippen LogP contribution in [0.15, 0.2) is 0 Å². The lowest BCUT2D eigenvalue weighted by molar-refractivity contribution is 0.0847. The lowest BCUT2D eigenvalue weighted by atomic mass is 9.65. The molecule has 0 heterocycles. The van der Waals surface area contributed by atoms with Crippen LogP contribution < -0.4 is 5.32 Å². The van der Waals surface area contributed by atoms with Crippen molar-refractivity contribution in [2.75, 3.05) is 7.05 Å². The molecule has 0 aromatic rings. The van der Waals surface area contributed by atoms with Crippen LogP contribution in [-0.4, -0.2) is 13.1 Å². The van der Waals surface area contributed by atoms with Crippen molar-refractivity contribution >= 4 is 0 Å². The summed E-state index contributed by atoms with van der Waals surface area (Å²) < 4.78 is 0. The first-order chi connectivity index (χ1) is 6.05. The van der Waals surface area contributed by atoms with E-state index in [0.717, 1.165) is 17.9 Å². The fraction of sp³-hybridized carbons (Fsp3) is 1.00. The summed E-state index contributed by atoms with van der Waals surface area (Å²) in [6, 6.07) is 0.743. The molecule has 0 unspecified atom stereocenters. The van der Waals surface area contributed by atoms with Gasteiger partial charge in [-0.15, -0.1) is 0 Å². The van der Waals surface area contributed by atoms with E-state index < -0.39 is 0 Å². The second-order valence-corrected chi connectivity index (χ2v) is 5.16. The lowest BCUT2D eigenvalue weighted by Crippen LogP contribution is -2.46. The van der Waals surface area contributed by atoms with E-state index in [0.29, 0.717) is 5.41 Å². The summed E-state index contributed by atoms with van der Waals surface area (Å²) in [6.45, 7) is 9.54. The molecular weight excluding hydrogens is 158 g/mol. The fourth-order valence-corrected chi connectivity index (χ4v) is 3.52. The van der Waals surface area contributed by atoms with Gasteiger partial charge in [-0.1, -0.05) is 34.1 Å². The predicted molar refractivity (Wildman–Crippen MR) is 58.8 cm³/mol. The van der Waals surface area contributed by atoms with Gasteiger partial charge in [-0.3, -0.25) is 0 Å². The third-order valence-electron chi connectivity index (χ3n) is 4.25. The molecule has 1 heteroatoms. The summed E-state index contributed by atoms with van der Waals surface area (Å²) in [5, 5.41) is 3.52. The van der Waals surface area contributed by atoms with Gasteiger partial charge < -0.3 is 5.32 Å². The molecule has 1 atom stereocenters. The van der Waals surface area contributed by atoms with Crippen molar-refractivity contribution in [1.82, 2.24) is 5.32 Å². The third kappa shape index (κ3) is 1.63. The molecule has 1 aliphatic rings. The normalized spacial score (nSPS) is 27.5. The minimum Gasteiger partial charge on any atom is -0.316 e. The van der Waals surface area contributed by atoms with Crippen molar-refractivity contribution in [1.29, 1.82) is 0 Å². The van der Waals surface area contributed by atoms with Gasteiger partial charge in [-0.2, -0.15) is 0 Å². The molecule has 0 radical (unpaired) electrons. The van der Waals surface area contributed by atoms with Crippen LogP contribution in [0.1, 0.15) is 47.0 Å². The van der Waals surface area contributed by atoms with Crippen molar-refractivity contribution in [3.05, 3.63) is 0 Å². The van der Waals surface area contributed by atoms with Gasteiger partial charge in [0, 0.05) is 6.04 Å². The van der Waals surface area contributed by atoms with Gasteiger partial charge in [0.2, 0.25) is 0 Å². The number of rotatable bonds is 3. The molecule has 0 bridgehead atoms. The Kier molecular flexibility index (Phi) is 3.39. The molecule has 0 aromatic carbocycles. The topological polar surface area (TPSA) is 12.0 Å². The van der Waals surface area contributed by atoms with Crippen LogP contribution in [0, 0.1) is 17.3 Å². The second kappa shape index (κ2) is 4.00. The Balaban J connectivity index is 2.88. The number of hydrogen-bond donors (Lipinski definition) is 1. The molecule has 0 aliphatic heterocycles. The molecule has 1 fully saturated rings. The average Bonchev–Trinajstić information content (AvgIpc) is 2.47. The van der Waals surface area contributed by atoms with E-state index in [1.54, 1.807) is 0 Å². The molecule has 1 N–H and O–H groups in total. The highest BCUT2D eigenvalue weighted by Crippen LogP contribution is 2.49. The summed E-state index contributed by atoms with van der Waals surface area (Å²) in [7, 11) is 2.12. The molecule has 0 spiro atoms. The Bertz CT molecular complexity index is 153. The maximum absolute atomic E-state index is 3.52. The molecule has 78 valence electrons. The smallest absolute Gasteiger partial charge is 0.0125 e. The Morgan fingerprint density at radius 2 is 1.69 bits per heavy atom. The molecular formula is C12H25N. The highest BCUT2D eigenvalue weighted by molar-refractivity contribution is 4.99. The Hall–Kier alpha value is -0.0400. The molecule has 1 rings (SSSR count). The van der Waals surface area contributed by atoms with E-state index in [1.807, 2.05) is 0 Å². The van der Waals surface area contributed by atoms with E-state index in [1.165, 1.54) is 19.3 Å². The van der Waals surface area contributed by atoms with Gasteiger partial charge in [0.05, 0.1) is 0 Å². The molecule has 0 aromatic heterocycles. The minimum absolute atomic E-state index is 0.550. The van der Waals surface area contributed by atoms with Gasteiger partial charge in [0.15, 0.2) is 0 Å². The van der Waals surface area contributed by atoms with Crippen LogP contribution in [0.4, 0.5) is 0 Å². The van der Waals surface area contributed by atoms with Crippen LogP contribution in [0.5, 0.6) is 0 Å². The molecule has 1 aliphatic carbocycles. The third-order valence-corrected chi connectivity index (χ3v) is 4.25. The van der Waals surface area contributed by atoms with Crippen LogP contribution in [0.25, 0.3) is 0 Å². The highest BCUT2D eigenvalue weighted by Gasteiger charge is 2.46. The molecule has 0 saturated heterocycles. The van der Waals surface area contributed by atoms with Crippen molar-refractivity contribution in [2.45, 2.75) is 53.0 Å². The van der Waals surface area contributed by atoms with Gasteiger partial charge in [0.1, 0.15) is 0 Å². The first-order valence-electron chi connectivity index (χ1n) is 5.73. The molecule has 13 heavy (non-hydrogen) atoms. The maximum atomic E-state index is 3.52. The van der Waals surface area contributed by atoms with Gasteiger partial charge in [-0.05, 0) is 37.1 Å². The summed E-state index contributed by atoms with van der Waals surface area (Å²) in [6.07, 6.45) is 4.18. The largest absolute Gasteiger partial charge is 0.316 e. The molecule has 1 saturated carbocycles. The van der Waals surface area contributed by atoms with E-state index in [2.05, 4.69) is 40.1 Å². The standard InChI is InChI=1S/C12H25N/c1-9(2)12(10(3)4)8-6-7-11(12)13-5/h9-11,13H,6-8H2,1-5H3/t11-/m1/s1. The lowest BCUT2D eigenvalue weighted by Gasteiger charge is -2.43. The zero-order valence-corrected chi connectivity index (χ0v) is 9.85. The van der Waals surface area contributed by atoms with Crippen LogP contribution >= 0.6 is 0 Å². The molecule has 0 amide bonds. The van der Waals surface area contributed by atoms with Crippen LogP contribution in [-0.2, 0) is 0 Å². The minimum atomic E-state index is 0.550. The average molecular weight is 183 g/mol. The van der Waals surface area contributed by atoms with Crippen molar-refractivity contribution < 1.29 is 0 Å². The van der Waals surface area contributed by atoms with Crippen molar-refractivity contribution in [3.8, 4) is 0 Å². The number of hydrogen-bond acceptors (Lipinski definition) is 1. The highest BCUT2D eigenvalue weighted by atomic mass is 14.9. The Labute approximate surface area is 83.3 Å². The van der Waals surface area contributed by atoms with Gasteiger partial charge in [-0.25, -0.2) is 0 Å².